The van der Waals surface area contributed by atoms with E-state index in [0.29, 0.717) is 12.2 Å². The minimum Gasteiger partial charge on any atom is -0.346 e. The third-order valence-corrected chi connectivity index (χ3v) is 3.22. The molecule has 6 nitrogen and oxygen atoms in total. The van der Waals surface area contributed by atoms with Crippen molar-refractivity contribution in [1.29, 1.82) is 0 Å². The fraction of sp³-hybridized carbons (Fsp3) is 0.333. The van der Waals surface area contributed by atoms with E-state index in [9.17, 15) is 9.59 Å². The Bertz CT molecular complexity index is 705. The molecule has 2 aromatic heterocycles. The Labute approximate surface area is 122 Å². The summed E-state index contributed by atoms with van der Waals surface area (Å²) in [5.41, 5.74) is 2.17. The summed E-state index contributed by atoms with van der Waals surface area (Å²) < 4.78 is 1.57. The molecule has 110 valence electrons. The van der Waals surface area contributed by atoms with E-state index in [1.807, 2.05) is 20.8 Å². The summed E-state index contributed by atoms with van der Waals surface area (Å²) >= 11 is 0. The molecule has 2 rings (SSSR count). The van der Waals surface area contributed by atoms with Crippen LogP contribution in [-0.4, -0.2) is 20.4 Å². The summed E-state index contributed by atoms with van der Waals surface area (Å²) in [4.78, 5) is 32.6. The molecule has 6 heteroatoms. The predicted molar refractivity (Wildman–Crippen MR) is 79.1 cm³/mol. The maximum atomic E-state index is 12.2. The van der Waals surface area contributed by atoms with E-state index in [-0.39, 0.29) is 17.7 Å². The van der Waals surface area contributed by atoms with Crippen molar-refractivity contribution in [3.8, 4) is 0 Å². The molecular weight excluding hydrogens is 268 g/mol. The number of aryl methyl sites for hydroxylation is 2. The van der Waals surface area contributed by atoms with Crippen LogP contribution in [0.5, 0.6) is 0 Å². The van der Waals surface area contributed by atoms with E-state index in [2.05, 4.69) is 15.3 Å². The van der Waals surface area contributed by atoms with Gasteiger partial charge in [0.1, 0.15) is 5.56 Å². The van der Waals surface area contributed by atoms with Crippen molar-refractivity contribution in [2.75, 3.05) is 0 Å². The molecule has 0 fully saturated rings. The van der Waals surface area contributed by atoms with Crippen LogP contribution in [0.2, 0.25) is 0 Å². The van der Waals surface area contributed by atoms with Gasteiger partial charge in [0.2, 0.25) is 0 Å². The van der Waals surface area contributed by atoms with Gasteiger partial charge < -0.3 is 9.88 Å². The van der Waals surface area contributed by atoms with Crippen molar-refractivity contribution in [1.82, 2.24) is 19.9 Å². The normalized spacial score (nSPS) is 10.4. The topological polar surface area (TPSA) is 76.9 Å². The van der Waals surface area contributed by atoms with E-state index in [1.54, 1.807) is 29.1 Å². The average Bonchev–Trinajstić information content (AvgIpc) is 2.47. The lowest BCUT2D eigenvalue weighted by Crippen LogP contribution is -2.33. The van der Waals surface area contributed by atoms with E-state index >= 15 is 0 Å². The minimum absolute atomic E-state index is 0.141. The molecular formula is C15H18N4O2. The van der Waals surface area contributed by atoms with Gasteiger partial charge in [0.25, 0.3) is 11.5 Å². The Hall–Kier alpha value is -2.50. The Balaban J connectivity index is 2.14. The molecule has 1 amide bonds. The fourth-order valence-electron chi connectivity index (χ4n) is 2.01. The molecule has 1 N–H and O–H groups in total. The quantitative estimate of drug-likeness (QED) is 0.916. The maximum absolute atomic E-state index is 12.2. The molecule has 0 spiro atoms. The number of nitrogens with one attached hydrogen (secondary N) is 1. The standard InChI is InChI=1S/C15H18N4O2/c1-4-19-11(3)5-6-13(15(19)21)14(20)18-9-12-8-16-10(2)7-17-12/h5-8H,4,9H2,1-3H3,(H,18,20). The molecule has 0 saturated carbocycles. The second-order valence-electron chi connectivity index (χ2n) is 4.77. The first-order valence-corrected chi connectivity index (χ1v) is 6.79. The third kappa shape index (κ3) is 3.34. The average molecular weight is 286 g/mol. The SMILES string of the molecule is CCn1c(C)ccc(C(=O)NCc2cnc(C)cn2)c1=O. The monoisotopic (exact) mass is 286 g/mol. The number of hydrogen-bond donors (Lipinski definition) is 1. The van der Waals surface area contributed by atoms with Crippen LogP contribution in [-0.2, 0) is 13.1 Å². The smallest absolute Gasteiger partial charge is 0.263 e. The molecule has 0 atom stereocenters. The van der Waals surface area contributed by atoms with Crippen molar-refractivity contribution in [2.45, 2.75) is 33.9 Å². The molecule has 0 aliphatic carbocycles. The van der Waals surface area contributed by atoms with Gasteiger partial charge in [0.15, 0.2) is 0 Å². The molecule has 0 bridgehead atoms. The van der Waals surface area contributed by atoms with Crippen LogP contribution < -0.4 is 10.9 Å². The first kappa shape index (κ1) is 14.9. The van der Waals surface area contributed by atoms with Crippen LogP contribution in [0.15, 0.2) is 29.3 Å². The Kier molecular flexibility index (Phi) is 4.47. The molecule has 21 heavy (non-hydrogen) atoms. The minimum atomic E-state index is -0.399. The highest BCUT2D eigenvalue weighted by Crippen LogP contribution is 2.00. The first-order chi connectivity index (χ1) is 10.0. The van der Waals surface area contributed by atoms with Gasteiger partial charge >= 0.3 is 0 Å². The van der Waals surface area contributed by atoms with Gasteiger partial charge in [-0.2, -0.15) is 0 Å². The van der Waals surface area contributed by atoms with Crippen molar-refractivity contribution in [3.63, 3.8) is 0 Å². The zero-order valence-electron chi connectivity index (χ0n) is 12.4. The van der Waals surface area contributed by atoms with E-state index in [1.165, 1.54) is 0 Å². The van der Waals surface area contributed by atoms with Crippen molar-refractivity contribution in [2.24, 2.45) is 0 Å². The maximum Gasteiger partial charge on any atom is 0.263 e. The van der Waals surface area contributed by atoms with Gasteiger partial charge in [-0.3, -0.25) is 19.6 Å². The highest BCUT2D eigenvalue weighted by atomic mass is 16.2. The van der Waals surface area contributed by atoms with E-state index < -0.39 is 5.91 Å². The van der Waals surface area contributed by atoms with Gasteiger partial charge in [-0.25, -0.2) is 0 Å². The Morgan fingerprint density at radius 2 is 2.00 bits per heavy atom. The highest BCUT2D eigenvalue weighted by Gasteiger charge is 2.13. The van der Waals surface area contributed by atoms with Gasteiger partial charge in [0.05, 0.1) is 24.1 Å². The Morgan fingerprint density at radius 1 is 1.24 bits per heavy atom. The largest absolute Gasteiger partial charge is 0.346 e. The molecule has 0 radical (unpaired) electrons. The van der Waals surface area contributed by atoms with Crippen molar-refractivity contribution < 1.29 is 4.79 Å². The van der Waals surface area contributed by atoms with Crippen molar-refractivity contribution >= 4 is 5.91 Å². The van der Waals surface area contributed by atoms with E-state index in [0.717, 1.165) is 11.4 Å². The summed E-state index contributed by atoms with van der Waals surface area (Å²) in [7, 11) is 0. The number of carbonyl (C=O) groups is 1. The summed E-state index contributed by atoms with van der Waals surface area (Å²) in [6.45, 7) is 6.34. The lowest BCUT2D eigenvalue weighted by molar-refractivity contribution is 0.0948. The van der Waals surface area contributed by atoms with Crippen LogP contribution in [0.4, 0.5) is 0 Å². The van der Waals surface area contributed by atoms with Gasteiger partial charge in [-0.1, -0.05) is 0 Å². The second-order valence-corrected chi connectivity index (χ2v) is 4.77. The second kappa shape index (κ2) is 6.30. The number of pyridine rings is 1. The molecule has 0 saturated heterocycles. The number of amides is 1. The zero-order chi connectivity index (χ0) is 15.4. The third-order valence-electron chi connectivity index (χ3n) is 3.22. The summed E-state index contributed by atoms with van der Waals surface area (Å²) in [5.74, 6) is -0.399. The lowest BCUT2D eigenvalue weighted by Gasteiger charge is -2.09. The van der Waals surface area contributed by atoms with Crippen molar-refractivity contribution in [3.05, 3.63) is 57.5 Å². The summed E-state index contributed by atoms with van der Waals surface area (Å²) in [5, 5.41) is 2.69. The lowest BCUT2D eigenvalue weighted by atomic mass is 10.2. The molecule has 0 aliphatic rings. The first-order valence-electron chi connectivity index (χ1n) is 6.79. The number of hydrogen-bond acceptors (Lipinski definition) is 4. The zero-order valence-corrected chi connectivity index (χ0v) is 12.4. The molecule has 2 aromatic rings. The van der Waals surface area contributed by atoms with Crippen LogP contribution in [0.25, 0.3) is 0 Å². The fourth-order valence-corrected chi connectivity index (χ4v) is 2.01. The Morgan fingerprint density at radius 3 is 2.62 bits per heavy atom. The molecule has 0 aliphatic heterocycles. The van der Waals surface area contributed by atoms with E-state index in [4.69, 9.17) is 0 Å². The molecule has 0 aromatic carbocycles. The molecule has 0 unspecified atom stereocenters. The number of rotatable bonds is 4. The van der Waals surface area contributed by atoms with Gasteiger partial charge in [-0.05, 0) is 32.9 Å². The van der Waals surface area contributed by atoms with Gasteiger partial charge in [0, 0.05) is 18.4 Å². The number of nitrogens with zero attached hydrogens (tertiary/aromatic N) is 3. The van der Waals surface area contributed by atoms with Crippen LogP contribution in [0, 0.1) is 13.8 Å². The number of aromatic nitrogens is 3. The van der Waals surface area contributed by atoms with Crippen LogP contribution in [0.3, 0.4) is 0 Å². The summed E-state index contributed by atoms with van der Waals surface area (Å²) in [6.07, 6.45) is 3.24. The van der Waals surface area contributed by atoms with Crippen LogP contribution in [0.1, 0.15) is 34.4 Å². The number of carbonyl (C=O) groups excluding carboxylic acids is 1. The highest BCUT2D eigenvalue weighted by molar-refractivity contribution is 5.93. The van der Waals surface area contributed by atoms with Gasteiger partial charge in [-0.15, -0.1) is 0 Å². The van der Waals surface area contributed by atoms with Crippen LogP contribution >= 0.6 is 0 Å². The summed E-state index contributed by atoms with van der Waals surface area (Å²) in [6, 6.07) is 3.32. The molecule has 2 heterocycles. The predicted octanol–water partition coefficient (Wildman–Crippen LogP) is 1.21.